The van der Waals surface area contributed by atoms with Crippen molar-refractivity contribution in [3.63, 3.8) is 0 Å². The topological polar surface area (TPSA) is 85.4 Å². The molecule has 0 saturated heterocycles. The molecule has 3 rings (SSSR count). The SMILES string of the molecule is COc1ccc(CNC(=O)c2cc(Nc3ccccc3OC)ncn2)cc1. The molecule has 138 valence electrons. The Hall–Kier alpha value is -3.61. The van der Waals surface area contributed by atoms with Crippen LogP contribution < -0.4 is 20.1 Å². The van der Waals surface area contributed by atoms with E-state index in [2.05, 4.69) is 20.6 Å². The van der Waals surface area contributed by atoms with E-state index in [9.17, 15) is 4.79 Å². The number of nitrogens with one attached hydrogen (secondary N) is 2. The third-order valence-electron chi connectivity index (χ3n) is 3.88. The van der Waals surface area contributed by atoms with E-state index in [1.165, 1.54) is 6.33 Å². The third-order valence-corrected chi connectivity index (χ3v) is 3.88. The summed E-state index contributed by atoms with van der Waals surface area (Å²) in [5.74, 6) is 1.68. The molecule has 7 nitrogen and oxygen atoms in total. The van der Waals surface area contributed by atoms with Gasteiger partial charge >= 0.3 is 0 Å². The fourth-order valence-corrected chi connectivity index (χ4v) is 2.45. The molecule has 1 heterocycles. The molecule has 7 heteroatoms. The molecule has 2 N–H and O–H groups in total. The molecule has 0 bridgehead atoms. The normalized spacial score (nSPS) is 10.1. The zero-order chi connectivity index (χ0) is 19.1. The molecule has 0 radical (unpaired) electrons. The summed E-state index contributed by atoms with van der Waals surface area (Å²) in [5.41, 5.74) is 1.99. The predicted molar refractivity (Wildman–Crippen MR) is 102 cm³/mol. The van der Waals surface area contributed by atoms with Gasteiger partial charge in [-0.15, -0.1) is 0 Å². The number of carbonyl (C=O) groups is 1. The maximum Gasteiger partial charge on any atom is 0.270 e. The van der Waals surface area contributed by atoms with Gasteiger partial charge in [0.2, 0.25) is 0 Å². The Morgan fingerprint density at radius 1 is 1.00 bits per heavy atom. The van der Waals surface area contributed by atoms with Crippen LogP contribution in [0.25, 0.3) is 0 Å². The highest BCUT2D eigenvalue weighted by Gasteiger charge is 2.10. The van der Waals surface area contributed by atoms with Gasteiger partial charge < -0.3 is 20.1 Å². The molecule has 0 saturated carbocycles. The standard InChI is InChI=1S/C20H20N4O3/c1-26-15-9-7-14(8-10-15)12-21-20(25)17-11-19(23-13-22-17)24-16-5-3-4-6-18(16)27-2/h3-11,13H,12H2,1-2H3,(H,21,25)(H,22,23,24). The van der Waals surface area contributed by atoms with E-state index in [-0.39, 0.29) is 11.6 Å². The maximum absolute atomic E-state index is 12.4. The monoisotopic (exact) mass is 364 g/mol. The van der Waals surface area contributed by atoms with Crippen LogP contribution in [0.5, 0.6) is 11.5 Å². The van der Waals surface area contributed by atoms with Gasteiger partial charge in [0, 0.05) is 12.6 Å². The predicted octanol–water partition coefficient (Wildman–Crippen LogP) is 3.17. The number of nitrogens with zero attached hydrogens (tertiary/aromatic N) is 2. The smallest absolute Gasteiger partial charge is 0.270 e. The number of ether oxygens (including phenoxy) is 2. The van der Waals surface area contributed by atoms with E-state index in [4.69, 9.17) is 9.47 Å². The van der Waals surface area contributed by atoms with Gasteiger partial charge in [-0.2, -0.15) is 0 Å². The molecule has 0 aliphatic heterocycles. The number of anilines is 2. The molecule has 27 heavy (non-hydrogen) atoms. The van der Waals surface area contributed by atoms with Crippen LogP contribution in [0.15, 0.2) is 60.9 Å². The average Bonchev–Trinajstić information content (AvgIpc) is 2.73. The first kappa shape index (κ1) is 18.2. The quantitative estimate of drug-likeness (QED) is 0.670. The summed E-state index contributed by atoms with van der Waals surface area (Å²) in [6.07, 6.45) is 1.35. The number of benzene rings is 2. The van der Waals surface area contributed by atoms with Crippen molar-refractivity contribution in [3.05, 3.63) is 72.2 Å². The Balaban J connectivity index is 1.66. The first-order chi connectivity index (χ1) is 13.2. The van der Waals surface area contributed by atoms with Gasteiger partial charge in [-0.25, -0.2) is 9.97 Å². The zero-order valence-corrected chi connectivity index (χ0v) is 15.1. The molecule has 1 amide bonds. The summed E-state index contributed by atoms with van der Waals surface area (Å²) >= 11 is 0. The third kappa shape index (κ3) is 4.72. The van der Waals surface area contributed by atoms with Crippen molar-refractivity contribution in [2.45, 2.75) is 6.54 Å². The van der Waals surface area contributed by atoms with Crippen molar-refractivity contribution in [2.24, 2.45) is 0 Å². The number of carbonyl (C=O) groups excluding carboxylic acids is 1. The largest absolute Gasteiger partial charge is 0.497 e. The van der Waals surface area contributed by atoms with E-state index in [1.54, 1.807) is 20.3 Å². The Morgan fingerprint density at radius 3 is 2.52 bits per heavy atom. The average molecular weight is 364 g/mol. The molecule has 2 aromatic carbocycles. The number of hydrogen-bond acceptors (Lipinski definition) is 6. The molecular weight excluding hydrogens is 344 g/mol. The fraction of sp³-hybridized carbons (Fsp3) is 0.150. The van der Waals surface area contributed by atoms with Crippen molar-refractivity contribution in [2.75, 3.05) is 19.5 Å². The molecule has 3 aromatic rings. The van der Waals surface area contributed by atoms with Crippen LogP contribution in [0.3, 0.4) is 0 Å². The van der Waals surface area contributed by atoms with Gasteiger partial charge in [-0.1, -0.05) is 24.3 Å². The molecule has 0 unspecified atom stereocenters. The highest BCUT2D eigenvalue weighted by Crippen LogP contribution is 2.26. The van der Waals surface area contributed by atoms with Gasteiger partial charge in [-0.05, 0) is 29.8 Å². The van der Waals surface area contributed by atoms with Crippen LogP contribution in [-0.2, 0) is 6.54 Å². The molecule has 0 aliphatic carbocycles. The van der Waals surface area contributed by atoms with E-state index >= 15 is 0 Å². The second kappa shape index (κ2) is 8.66. The minimum Gasteiger partial charge on any atom is -0.497 e. The van der Waals surface area contributed by atoms with E-state index in [0.29, 0.717) is 18.1 Å². The van der Waals surface area contributed by atoms with Crippen LogP contribution >= 0.6 is 0 Å². The maximum atomic E-state index is 12.4. The van der Waals surface area contributed by atoms with Crippen molar-refractivity contribution in [1.82, 2.24) is 15.3 Å². The highest BCUT2D eigenvalue weighted by molar-refractivity contribution is 5.93. The molecule has 0 fully saturated rings. The molecule has 0 atom stereocenters. The van der Waals surface area contributed by atoms with Gasteiger partial charge in [0.15, 0.2) is 0 Å². The summed E-state index contributed by atoms with van der Waals surface area (Å²) in [6, 6.07) is 16.5. The van der Waals surface area contributed by atoms with Crippen LogP contribution in [0, 0.1) is 0 Å². The Kier molecular flexibility index (Phi) is 5.84. The zero-order valence-electron chi connectivity index (χ0n) is 15.1. The number of amides is 1. The first-order valence-corrected chi connectivity index (χ1v) is 8.33. The number of aromatic nitrogens is 2. The number of para-hydroxylation sites is 2. The lowest BCUT2D eigenvalue weighted by Crippen LogP contribution is -2.24. The number of hydrogen-bond donors (Lipinski definition) is 2. The van der Waals surface area contributed by atoms with E-state index in [0.717, 1.165) is 17.0 Å². The summed E-state index contributed by atoms with van der Waals surface area (Å²) < 4.78 is 10.4. The van der Waals surface area contributed by atoms with Crippen LogP contribution in [0.4, 0.5) is 11.5 Å². The van der Waals surface area contributed by atoms with Gasteiger partial charge in [0.1, 0.15) is 29.3 Å². The molecule has 0 aliphatic rings. The molecule has 1 aromatic heterocycles. The van der Waals surface area contributed by atoms with Gasteiger partial charge in [0.25, 0.3) is 5.91 Å². The minimum absolute atomic E-state index is 0.274. The van der Waals surface area contributed by atoms with Crippen LogP contribution in [0.1, 0.15) is 16.1 Å². The lowest BCUT2D eigenvalue weighted by molar-refractivity contribution is 0.0946. The van der Waals surface area contributed by atoms with Crippen LogP contribution in [-0.4, -0.2) is 30.1 Å². The van der Waals surface area contributed by atoms with E-state index < -0.39 is 0 Å². The lowest BCUT2D eigenvalue weighted by atomic mass is 10.2. The van der Waals surface area contributed by atoms with Crippen molar-refractivity contribution < 1.29 is 14.3 Å². The number of rotatable bonds is 7. The van der Waals surface area contributed by atoms with Crippen LogP contribution in [0.2, 0.25) is 0 Å². The second-order valence-electron chi connectivity index (χ2n) is 5.64. The Morgan fingerprint density at radius 2 is 1.78 bits per heavy atom. The van der Waals surface area contributed by atoms with Gasteiger partial charge in [-0.3, -0.25) is 4.79 Å². The minimum atomic E-state index is -0.281. The summed E-state index contributed by atoms with van der Waals surface area (Å²) in [7, 11) is 3.21. The molecular formula is C20H20N4O3. The number of methoxy groups -OCH3 is 2. The Bertz CT molecular complexity index is 913. The lowest BCUT2D eigenvalue weighted by Gasteiger charge is -2.11. The molecule has 0 spiro atoms. The van der Waals surface area contributed by atoms with E-state index in [1.807, 2.05) is 48.5 Å². The summed E-state index contributed by atoms with van der Waals surface area (Å²) in [4.78, 5) is 20.6. The second-order valence-corrected chi connectivity index (χ2v) is 5.64. The van der Waals surface area contributed by atoms with Gasteiger partial charge in [0.05, 0.1) is 19.9 Å². The summed E-state index contributed by atoms with van der Waals surface area (Å²) in [5, 5.41) is 5.98. The van der Waals surface area contributed by atoms with Crippen molar-refractivity contribution in [1.29, 1.82) is 0 Å². The van der Waals surface area contributed by atoms with Crippen molar-refractivity contribution >= 4 is 17.4 Å². The first-order valence-electron chi connectivity index (χ1n) is 8.33. The summed E-state index contributed by atoms with van der Waals surface area (Å²) in [6.45, 7) is 0.391. The fourth-order valence-electron chi connectivity index (χ4n) is 2.45. The van der Waals surface area contributed by atoms with Crippen molar-refractivity contribution in [3.8, 4) is 11.5 Å². The highest BCUT2D eigenvalue weighted by atomic mass is 16.5. The Labute approximate surface area is 157 Å².